The lowest BCUT2D eigenvalue weighted by Crippen LogP contribution is -2.30. The van der Waals surface area contributed by atoms with Gasteiger partial charge in [0.1, 0.15) is 19.3 Å². The number of esters is 4. The first-order valence-electron chi connectivity index (χ1n) is 43.8. The molecule has 0 aliphatic heterocycles. The quantitative estimate of drug-likeness (QED) is 0.0222. The zero-order valence-electron chi connectivity index (χ0n) is 68.7. The number of phosphoric acid groups is 2. The average Bonchev–Trinajstić information content (AvgIpc) is 0.913. The third-order valence-corrected chi connectivity index (χ3v) is 22.4. The maximum Gasteiger partial charge on any atom is 0.472 e. The Balaban J connectivity index is 5.20. The zero-order chi connectivity index (χ0) is 76.7. The Morgan fingerprint density at radius 3 is 0.683 bits per heavy atom. The Labute approximate surface area is 638 Å². The SMILES string of the molecule is CCC(C)CCCCCCCCCCCCCCCCCCCCC(=O)O[C@H](COC(=O)CCCCCCCCCC(C)C)COP(=O)(O)OCC(O)COP(=O)(O)OC[C@@H](COC(=O)CCCCCCCCCCCCCC(C)C)OC(=O)CCCCCCCCCCCCCCCCC(C)CC. The molecular weight excluding hydrogens is 1350 g/mol. The van der Waals surface area contributed by atoms with Crippen molar-refractivity contribution < 1.29 is 80.2 Å². The molecule has 0 fully saturated rings. The molecule has 0 bridgehead atoms. The first kappa shape index (κ1) is 102. The van der Waals surface area contributed by atoms with E-state index in [1.807, 2.05) is 0 Å². The number of hydrogen-bond acceptors (Lipinski definition) is 15. The van der Waals surface area contributed by atoms with E-state index in [2.05, 4.69) is 55.4 Å². The van der Waals surface area contributed by atoms with Crippen LogP contribution in [0.3, 0.4) is 0 Å². The number of rotatable bonds is 82. The van der Waals surface area contributed by atoms with E-state index in [1.54, 1.807) is 0 Å². The van der Waals surface area contributed by atoms with Gasteiger partial charge in [-0.1, -0.05) is 389 Å². The molecule has 0 aliphatic carbocycles. The molecule has 104 heavy (non-hydrogen) atoms. The van der Waals surface area contributed by atoms with Crippen LogP contribution in [0.1, 0.15) is 441 Å². The Bertz CT molecular complexity index is 2030. The molecule has 0 aromatic rings. The highest BCUT2D eigenvalue weighted by atomic mass is 31.2. The number of aliphatic hydroxyl groups is 1. The summed E-state index contributed by atoms with van der Waals surface area (Å²) in [4.78, 5) is 73.1. The van der Waals surface area contributed by atoms with Gasteiger partial charge in [-0.3, -0.25) is 37.3 Å². The average molecular weight is 1520 g/mol. The number of hydrogen-bond donors (Lipinski definition) is 3. The highest BCUT2D eigenvalue weighted by Crippen LogP contribution is 2.45. The van der Waals surface area contributed by atoms with Gasteiger partial charge in [-0.25, -0.2) is 9.13 Å². The van der Waals surface area contributed by atoms with Crippen molar-refractivity contribution in [2.45, 2.75) is 459 Å². The molecule has 5 unspecified atom stereocenters. The van der Waals surface area contributed by atoms with Gasteiger partial charge >= 0.3 is 39.5 Å². The van der Waals surface area contributed by atoms with Gasteiger partial charge in [-0.05, 0) is 49.4 Å². The lowest BCUT2D eigenvalue weighted by Gasteiger charge is -2.21. The van der Waals surface area contributed by atoms with Gasteiger partial charge in [0.15, 0.2) is 12.2 Å². The molecule has 19 heteroatoms. The lowest BCUT2D eigenvalue weighted by atomic mass is 9.99. The van der Waals surface area contributed by atoms with Gasteiger partial charge in [0, 0.05) is 25.7 Å². The highest BCUT2D eigenvalue weighted by Gasteiger charge is 2.30. The number of phosphoric ester groups is 2. The molecular formula is C85H166O17P2. The fraction of sp³-hybridized carbons (Fsp3) is 0.953. The Hall–Kier alpha value is -1.94. The van der Waals surface area contributed by atoms with Crippen LogP contribution in [0, 0.1) is 23.7 Å². The van der Waals surface area contributed by atoms with E-state index in [-0.39, 0.29) is 25.7 Å². The second kappa shape index (κ2) is 73.8. The summed E-state index contributed by atoms with van der Waals surface area (Å²) in [5, 5.41) is 10.7. The van der Waals surface area contributed by atoms with Crippen molar-refractivity contribution in [1.82, 2.24) is 0 Å². The van der Waals surface area contributed by atoms with E-state index < -0.39 is 97.5 Å². The Morgan fingerprint density at radius 1 is 0.269 bits per heavy atom. The van der Waals surface area contributed by atoms with E-state index in [1.165, 1.54) is 238 Å². The molecule has 0 saturated heterocycles. The van der Waals surface area contributed by atoms with Crippen molar-refractivity contribution in [1.29, 1.82) is 0 Å². The third kappa shape index (κ3) is 75.5. The van der Waals surface area contributed by atoms with Gasteiger partial charge in [0.05, 0.1) is 26.4 Å². The molecule has 3 N–H and O–H groups in total. The van der Waals surface area contributed by atoms with Crippen molar-refractivity contribution in [3.8, 4) is 0 Å². The van der Waals surface area contributed by atoms with Crippen LogP contribution in [-0.2, 0) is 65.4 Å². The largest absolute Gasteiger partial charge is 0.472 e. The number of ether oxygens (including phenoxy) is 4. The summed E-state index contributed by atoms with van der Waals surface area (Å²) >= 11 is 0. The van der Waals surface area contributed by atoms with Crippen LogP contribution in [0.15, 0.2) is 0 Å². The Kier molecular flexibility index (Phi) is 72.5. The Morgan fingerprint density at radius 2 is 0.462 bits per heavy atom. The molecule has 0 spiro atoms. The van der Waals surface area contributed by atoms with Crippen LogP contribution in [0.2, 0.25) is 0 Å². The molecule has 7 atom stereocenters. The van der Waals surface area contributed by atoms with Gasteiger partial charge in [0.25, 0.3) is 0 Å². The molecule has 0 radical (unpaired) electrons. The van der Waals surface area contributed by atoms with Crippen molar-refractivity contribution in [3.63, 3.8) is 0 Å². The number of carbonyl (C=O) groups is 4. The second-order valence-corrected chi connectivity index (χ2v) is 34.9. The summed E-state index contributed by atoms with van der Waals surface area (Å²) < 4.78 is 68.8. The first-order valence-corrected chi connectivity index (χ1v) is 46.8. The summed E-state index contributed by atoms with van der Waals surface area (Å²) in [6, 6.07) is 0. The van der Waals surface area contributed by atoms with Crippen LogP contribution in [0.4, 0.5) is 0 Å². The third-order valence-electron chi connectivity index (χ3n) is 20.5. The van der Waals surface area contributed by atoms with E-state index in [0.717, 1.165) is 114 Å². The maximum atomic E-state index is 13.1. The van der Waals surface area contributed by atoms with E-state index >= 15 is 0 Å². The van der Waals surface area contributed by atoms with Gasteiger partial charge < -0.3 is 33.8 Å². The minimum absolute atomic E-state index is 0.107. The van der Waals surface area contributed by atoms with Crippen LogP contribution in [-0.4, -0.2) is 96.7 Å². The molecule has 0 heterocycles. The molecule has 0 aliphatic rings. The van der Waals surface area contributed by atoms with Crippen molar-refractivity contribution >= 4 is 39.5 Å². The first-order chi connectivity index (χ1) is 50.2. The van der Waals surface area contributed by atoms with Gasteiger partial charge in [0.2, 0.25) is 0 Å². The topological polar surface area (TPSA) is 237 Å². The fourth-order valence-electron chi connectivity index (χ4n) is 13.1. The molecule has 0 rings (SSSR count). The standard InChI is InChI=1S/C85H166O17P2/c1-9-77(7)63-55-47-39-31-25-19-15-13-11-12-14-16-21-27-34-42-51-59-67-85(90)102-81(72-96-83(88)66-58-50-44-36-38-46-54-62-76(5)6)74-100-104(93,94)98-70-79(86)69-97-103(91,92)99-73-80(71-95-82(87)65-57-49-41-33-29-23-24-30-37-45-53-61-75(3)4)101-84(89)68-60-52-43-35-28-22-18-17-20-26-32-40-48-56-64-78(8)10-2/h75-81,86H,9-74H2,1-8H3,(H,91,92)(H,93,94)/t77?,78?,79?,80-,81-/m1/s1. The monoisotopic (exact) mass is 1520 g/mol. The number of carbonyl (C=O) groups excluding carboxylic acids is 4. The van der Waals surface area contributed by atoms with Gasteiger partial charge in [-0.15, -0.1) is 0 Å². The summed E-state index contributed by atoms with van der Waals surface area (Å²) in [6.07, 6.45) is 62.5. The summed E-state index contributed by atoms with van der Waals surface area (Å²) in [7, 11) is -9.93. The van der Waals surface area contributed by atoms with Crippen LogP contribution in [0.5, 0.6) is 0 Å². The van der Waals surface area contributed by atoms with Crippen molar-refractivity contribution in [3.05, 3.63) is 0 Å². The zero-order valence-corrected chi connectivity index (χ0v) is 70.5. The normalized spacial score (nSPS) is 14.5. The van der Waals surface area contributed by atoms with E-state index in [0.29, 0.717) is 31.6 Å². The minimum atomic E-state index is -4.96. The number of aliphatic hydroxyl groups excluding tert-OH is 1. The summed E-state index contributed by atoms with van der Waals surface area (Å²) in [5.41, 5.74) is 0. The predicted molar refractivity (Wildman–Crippen MR) is 428 cm³/mol. The second-order valence-electron chi connectivity index (χ2n) is 32.0. The molecule has 0 aromatic heterocycles. The predicted octanol–water partition coefficient (Wildman–Crippen LogP) is 25.6. The molecule has 618 valence electrons. The molecule has 0 aromatic carbocycles. The molecule has 17 nitrogen and oxygen atoms in total. The van der Waals surface area contributed by atoms with Crippen LogP contribution >= 0.6 is 15.6 Å². The van der Waals surface area contributed by atoms with Crippen molar-refractivity contribution in [2.75, 3.05) is 39.6 Å². The summed E-state index contributed by atoms with van der Waals surface area (Å²) in [6.45, 7) is 14.3. The van der Waals surface area contributed by atoms with Gasteiger partial charge in [-0.2, -0.15) is 0 Å². The fourth-order valence-corrected chi connectivity index (χ4v) is 14.7. The summed E-state index contributed by atoms with van der Waals surface area (Å²) in [5.74, 6) is 1.08. The highest BCUT2D eigenvalue weighted by molar-refractivity contribution is 7.47. The van der Waals surface area contributed by atoms with Crippen molar-refractivity contribution in [2.24, 2.45) is 23.7 Å². The molecule has 0 saturated carbocycles. The lowest BCUT2D eigenvalue weighted by molar-refractivity contribution is -0.161. The minimum Gasteiger partial charge on any atom is -0.462 e. The van der Waals surface area contributed by atoms with Crippen LogP contribution < -0.4 is 0 Å². The smallest absolute Gasteiger partial charge is 0.462 e. The molecule has 0 amide bonds. The van der Waals surface area contributed by atoms with E-state index in [9.17, 15) is 43.2 Å². The van der Waals surface area contributed by atoms with E-state index in [4.69, 9.17) is 37.0 Å². The number of unbranched alkanes of at least 4 members (excludes halogenated alkanes) is 46. The van der Waals surface area contributed by atoms with Crippen LogP contribution in [0.25, 0.3) is 0 Å². The maximum absolute atomic E-state index is 13.1.